The van der Waals surface area contributed by atoms with Crippen molar-refractivity contribution in [1.29, 1.82) is 0 Å². The third-order valence-electron chi connectivity index (χ3n) is 2.34. The second kappa shape index (κ2) is 7.63. The Kier molecular flexibility index (Phi) is 6.15. The van der Waals surface area contributed by atoms with Gasteiger partial charge in [-0.25, -0.2) is 4.79 Å². The fourth-order valence-electron chi connectivity index (χ4n) is 1.56. The lowest BCUT2D eigenvalue weighted by atomic mass is 10.2. The lowest BCUT2D eigenvalue weighted by Gasteiger charge is -2.14. The second-order valence-electron chi connectivity index (χ2n) is 4.10. The molecule has 0 spiro atoms. The highest BCUT2D eigenvalue weighted by Gasteiger charge is 2.13. The highest BCUT2D eigenvalue weighted by atomic mass is 16.6. The molecule has 1 unspecified atom stereocenters. The van der Waals surface area contributed by atoms with Crippen LogP contribution in [0, 0.1) is 0 Å². The molecule has 19 heavy (non-hydrogen) atoms. The van der Waals surface area contributed by atoms with E-state index >= 15 is 0 Å². The molecule has 0 aliphatic carbocycles. The third kappa shape index (κ3) is 5.18. The summed E-state index contributed by atoms with van der Waals surface area (Å²) in [6.07, 6.45) is -0.301. The Hall–Kier alpha value is -1.75. The summed E-state index contributed by atoms with van der Waals surface area (Å²) in [5.41, 5.74) is 6.58. The summed E-state index contributed by atoms with van der Waals surface area (Å²) >= 11 is 0. The van der Waals surface area contributed by atoms with Gasteiger partial charge in [0.25, 0.3) is 0 Å². The van der Waals surface area contributed by atoms with Crippen LogP contribution in [0.2, 0.25) is 0 Å². The van der Waals surface area contributed by atoms with E-state index in [2.05, 4.69) is 0 Å². The van der Waals surface area contributed by atoms with Crippen molar-refractivity contribution in [3.8, 4) is 5.75 Å². The van der Waals surface area contributed by atoms with Crippen molar-refractivity contribution < 1.29 is 19.0 Å². The number of ether oxygens (including phenoxy) is 3. The van der Waals surface area contributed by atoms with Gasteiger partial charge in [-0.2, -0.15) is 0 Å². The van der Waals surface area contributed by atoms with Crippen LogP contribution in [-0.4, -0.2) is 31.9 Å². The van der Waals surface area contributed by atoms with Gasteiger partial charge in [-0.3, -0.25) is 0 Å². The van der Waals surface area contributed by atoms with Crippen LogP contribution in [0.15, 0.2) is 18.2 Å². The molecule has 0 fully saturated rings. The van der Waals surface area contributed by atoms with Gasteiger partial charge in [0.2, 0.25) is 0 Å². The van der Waals surface area contributed by atoms with Crippen LogP contribution in [0.4, 0.5) is 5.69 Å². The molecule has 2 N–H and O–H groups in total. The molecule has 1 rings (SSSR count). The van der Waals surface area contributed by atoms with Crippen molar-refractivity contribution in [2.45, 2.75) is 26.9 Å². The van der Waals surface area contributed by atoms with Crippen LogP contribution in [-0.2, 0) is 9.47 Å². The molecule has 0 radical (unpaired) electrons. The first-order valence-electron chi connectivity index (χ1n) is 6.38. The van der Waals surface area contributed by atoms with Crippen molar-refractivity contribution in [3.63, 3.8) is 0 Å². The summed E-state index contributed by atoms with van der Waals surface area (Å²) in [5.74, 6) is 0.132. The molecule has 0 heterocycles. The number of hydrogen-bond donors (Lipinski definition) is 1. The molecular formula is C14H21NO4. The van der Waals surface area contributed by atoms with Gasteiger partial charge in [0.15, 0.2) is 0 Å². The minimum atomic E-state index is -0.430. The van der Waals surface area contributed by atoms with Gasteiger partial charge in [0, 0.05) is 18.4 Å². The first kappa shape index (κ1) is 15.3. The molecule has 106 valence electrons. The number of hydrogen-bond acceptors (Lipinski definition) is 5. The van der Waals surface area contributed by atoms with E-state index in [4.69, 9.17) is 19.9 Å². The number of benzene rings is 1. The van der Waals surface area contributed by atoms with Crippen molar-refractivity contribution in [2.24, 2.45) is 0 Å². The van der Waals surface area contributed by atoms with Gasteiger partial charge < -0.3 is 19.9 Å². The third-order valence-corrected chi connectivity index (χ3v) is 2.34. The summed E-state index contributed by atoms with van der Waals surface area (Å²) in [5, 5.41) is 0. The first-order chi connectivity index (χ1) is 9.06. The number of rotatable bonds is 7. The Labute approximate surface area is 113 Å². The first-order valence-corrected chi connectivity index (χ1v) is 6.38. The van der Waals surface area contributed by atoms with Crippen molar-refractivity contribution in [1.82, 2.24) is 0 Å². The quantitative estimate of drug-likeness (QED) is 0.606. The van der Waals surface area contributed by atoms with Crippen LogP contribution in [0.1, 0.15) is 31.1 Å². The summed E-state index contributed by atoms with van der Waals surface area (Å²) in [7, 11) is 0. The maximum atomic E-state index is 11.9. The van der Waals surface area contributed by atoms with Gasteiger partial charge in [-0.05, 0) is 32.9 Å². The SMILES string of the molecule is CCOCC(C)OC(=O)c1cc(N)cc(OCC)c1. The Balaban J connectivity index is 2.70. The maximum Gasteiger partial charge on any atom is 0.338 e. The molecule has 0 aliphatic heterocycles. The van der Waals surface area contributed by atoms with Gasteiger partial charge in [-0.15, -0.1) is 0 Å². The highest BCUT2D eigenvalue weighted by Crippen LogP contribution is 2.20. The van der Waals surface area contributed by atoms with E-state index in [-0.39, 0.29) is 6.10 Å². The highest BCUT2D eigenvalue weighted by molar-refractivity contribution is 5.91. The number of anilines is 1. The normalized spacial score (nSPS) is 11.9. The molecule has 0 bridgehead atoms. The minimum absolute atomic E-state index is 0.301. The summed E-state index contributed by atoms with van der Waals surface area (Å²) < 4.78 is 15.8. The molecule has 1 aromatic rings. The van der Waals surface area contributed by atoms with Gasteiger partial charge in [0.1, 0.15) is 11.9 Å². The zero-order valence-electron chi connectivity index (χ0n) is 11.6. The van der Waals surface area contributed by atoms with E-state index in [1.54, 1.807) is 25.1 Å². The van der Waals surface area contributed by atoms with Crippen molar-refractivity contribution >= 4 is 11.7 Å². The van der Waals surface area contributed by atoms with Crippen LogP contribution in [0.3, 0.4) is 0 Å². The van der Waals surface area contributed by atoms with Crippen LogP contribution < -0.4 is 10.5 Å². The van der Waals surface area contributed by atoms with E-state index in [1.807, 2.05) is 13.8 Å². The molecule has 1 atom stereocenters. The minimum Gasteiger partial charge on any atom is -0.494 e. The number of nitrogen functional groups attached to an aromatic ring is 1. The van der Waals surface area contributed by atoms with Crippen LogP contribution in [0.5, 0.6) is 5.75 Å². The molecule has 1 aromatic carbocycles. The Morgan fingerprint density at radius 1 is 1.26 bits per heavy atom. The molecule has 0 saturated heterocycles. The second-order valence-corrected chi connectivity index (χ2v) is 4.10. The number of carbonyl (C=O) groups is 1. The van der Waals surface area contributed by atoms with E-state index in [0.717, 1.165) is 0 Å². The Morgan fingerprint density at radius 3 is 2.63 bits per heavy atom. The lowest BCUT2D eigenvalue weighted by Crippen LogP contribution is -2.20. The lowest BCUT2D eigenvalue weighted by molar-refractivity contribution is 0.00437. The molecule has 0 aromatic heterocycles. The topological polar surface area (TPSA) is 70.8 Å². The Bertz CT molecular complexity index is 420. The van der Waals surface area contributed by atoms with Crippen molar-refractivity contribution in [3.05, 3.63) is 23.8 Å². The predicted molar refractivity (Wildman–Crippen MR) is 73.4 cm³/mol. The standard InChI is InChI=1S/C14H21NO4/c1-4-17-9-10(3)19-14(16)11-6-12(15)8-13(7-11)18-5-2/h6-8,10H,4-5,9,15H2,1-3H3. The van der Waals surface area contributed by atoms with E-state index in [1.165, 1.54) is 0 Å². The average molecular weight is 267 g/mol. The van der Waals surface area contributed by atoms with Crippen molar-refractivity contribution in [2.75, 3.05) is 25.6 Å². The van der Waals surface area contributed by atoms with Gasteiger partial charge in [0.05, 0.1) is 18.8 Å². The smallest absolute Gasteiger partial charge is 0.338 e. The van der Waals surface area contributed by atoms with Gasteiger partial charge >= 0.3 is 5.97 Å². The molecule has 5 nitrogen and oxygen atoms in total. The summed E-state index contributed by atoms with van der Waals surface area (Å²) in [4.78, 5) is 11.9. The van der Waals surface area contributed by atoms with Gasteiger partial charge in [-0.1, -0.05) is 0 Å². The zero-order valence-corrected chi connectivity index (χ0v) is 11.6. The number of nitrogens with two attached hydrogens (primary N) is 1. The summed E-state index contributed by atoms with van der Waals surface area (Å²) in [6.45, 7) is 7.02. The van der Waals surface area contributed by atoms with E-state index in [0.29, 0.717) is 36.8 Å². The average Bonchev–Trinajstić information content (AvgIpc) is 2.36. The summed E-state index contributed by atoms with van der Waals surface area (Å²) in [6, 6.07) is 4.86. The largest absolute Gasteiger partial charge is 0.494 e. The zero-order chi connectivity index (χ0) is 14.3. The predicted octanol–water partition coefficient (Wildman–Crippen LogP) is 2.25. The fourth-order valence-corrected chi connectivity index (χ4v) is 1.56. The monoisotopic (exact) mass is 267 g/mol. The van der Waals surface area contributed by atoms with Crippen LogP contribution in [0.25, 0.3) is 0 Å². The molecule has 0 aliphatic rings. The number of carbonyl (C=O) groups excluding carboxylic acids is 1. The van der Waals surface area contributed by atoms with Crippen LogP contribution >= 0.6 is 0 Å². The van der Waals surface area contributed by atoms with E-state index in [9.17, 15) is 4.79 Å². The fraction of sp³-hybridized carbons (Fsp3) is 0.500. The Morgan fingerprint density at radius 2 is 2.00 bits per heavy atom. The maximum absolute atomic E-state index is 11.9. The molecule has 5 heteroatoms. The molecule has 0 saturated carbocycles. The molecule has 0 amide bonds. The van der Waals surface area contributed by atoms with E-state index < -0.39 is 5.97 Å². The number of esters is 1. The molecular weight excluding hydrogens is 246 g/mol.